The van der Waals surface area contributed by atoms with Gasteiger partial charge in [0.25, 0.3) is 5.91 Å². The van der Waals surface area contributed by atoms with E-state index in [0.29, 0.717) is 16.5 Å². The second-order valence-electron chi connectivity index (χ2n) is 4.10. The third-order valence-corrected chi connectivity index (χ3v) is 2.86. The molecule has 0 radical (unpaired) electrons. The number of aryl methyl sites for hydroxylation is 1. The van der Waals surface area contributed by atoms with Crippen molar-refractivity contribution >= 4 is 23.2 Å². The third-order valence-electron chi connectivity index (χ3n) is 2.65. The molecule has 7 heteroatoms. The minimum atomic E-state index is -3.00. The van der Waals surface area contributed by atoms with Crippen molar-refractivity contribution in [2.75, 3.05) is 5.32 Å². The number of halogens is 3. The standard InChI is InChI=1S/C14H11ClF2N2O2/c1-8-10(6-7-12(15)18-8)19-13(20)9-4-2-3-5-11(9)21-14(16)17/h2-7,14H,1H3,(H,19,20). The highest BCUT2D eigenvalue weighted by molar-refractivity contribution is 6.29. The van der Waals surface area contributed by atoms with E-state index in [1.165, 1.54) is 24.3 Å². The van der Waals surface area contributed by atoms with E-state index in [2.05, 4.69) is 15.0 Å². The van der Waals surface area contributed by atoms with E-state index >= 15 is 0 Å². The van der Waals surface area contributed by atoms with E-state index in [9.17, 15) is 13.6 Å². The number of aromatic nitrogens is 1. The molecule has 0 bridgehead atoms. The van der Waals surface area contributed by atoms with Crippen molar-refractivity contribution in [2.45, 2.75) is 13.5 Å². The number of carbonyl (C=O) groups is 1. The van der Waals surface area contributed by atoms with Gasteiger partial charge in [-0.2, -0.15) is 8.78 Å². The van der Waals surface area contributed by atoms with E-state index in [-0.39, 0.29) is 11.3 Å². The topological polar surface area (TPSA) is 51.2 Å². The summed E-state index contributed by atoms with van der Waals surface area (Å²) in [5.41, 5.74) is 0.964. The van der Waals surface area contributed by atoms with Crippen LogP contribution in [0.1, 0.15) is 16.1 Å². The van der Waals surface area contributed by atoms with Crippen molar-refractivity contribution in [1.29, 1.82) is 0 Å². The van der Waals surface area contributed by atoms with Gasteiger partial charge in [0.1, 0.15) is 10.9 Å². The number of benzene rings is 1. The molecule has 0 saturated carbocycles. The molecule has 1 amide bonds. The molecule has 0 fully saturated rings. The molecule has 0 aliphatic carbocycles. The van der Waals surface area contributed by atoms with Gasteiger partial charge in [0.2, 0.25) is 0 Å². The molecule has 2 aromatic rings. The molecule has 2 rings (SSSR count). The number of alkyl halides is 2. The number of rotatable bonds is 4. The first-order chi connectivity index (χ1) is 9.97. The molecular formula is C14H11ClF2N2O2. The Kier molecular flexibility index (Phi) is 4.70. The lowest BCUT2D eigenvalue weighted by molar-refractivity contribution is -0.0501. The summed E-state index contributed by atoms with van der Waals surface area (Å²) in [6.07, 6.45) is 0. The Bertz CT molecular complexity index is 665. The first-order valence-corrected chi connectivity index (χ1v) is 6.33. The third kappa shape index (κ3) is 3.88. The molecular weight excluding hydrogens is 302 g/mol. The van der Waals surface area contributed by atoms with Crippen LogP contribution in [0.3, 0.4) is 0 Å². The highest BCUT2D eigenvalue weighted by Crippen LogP contribution is 2.23. The molecule has 0 aliphatic heterocycles. The first-order valence-electron chi connectivity index (χ1n) is 5.95. The number of nitrogens with zero attached hydrogens (tertiary/aromatic N) is 1. The summed E-state index contributed by atoms with van der Waals surface area (Å²) >= 11 is 5.73. The highest BCUT2D eigenvalue weighted by Gasteiger charge is 2.16. The Hall–Kier alpha value is -2.21. The Morgan fingerprint density at radius 1 is 1.29 bits per heavy atom. The van der Waals surface area contributed by atoms with Gasteiger partial charge < -0.3 is 10.1 Å². The molecule has 21 heavy (non-hydrogen) atoms. The highest BCUT2D eigenvalue weighted by atomic mass is 35.5. The Balaban J connectivity index is 2.24. The van der Waals surface area contributed by atoms with Crippen LogP contribution in [0.15, 0.2) is 36.4 Å². The maximum Gasteiger partial charge on any atom is 0.387 e. The zero-order valence-corrected chi connectivity index (χ0v) is 11.7. The van der Waals surface area contributed by atoms with Crippen LogP contribution in [-0.2, 0) is 0 Å². The Morgan fingerprint density at radius 2 is 2.00 bits per heavy atom. The van der Waals surface area contributed by atoms with E-state index in [0.717, 1.165) is 0 Å². The smallest absolute Gasteiger partial charge is 0.387 e. The van der Waals surface area contributed by atoms with E-state index in [1.807, 2.05) is 0 Å². The van der Waals surface area contributed by atoms with Crippen molar-refractivity contribution in [3.05, 3.63) is 52.8 Å². The normalized spacial score (nSPS) is 10.5. The van der Waals surface area contributed by atoms with Crippen LogP contribution in [0.4, 0.5) is 14.5 Å². The zero-order chi connectivity index (χ0) is 15.4. The van der Waals surface area contributed by atoms with Crippen LogP contribution >= 0.6 is 11.6 Å². The van der Waals surface area contributed by atoms with Crippen molar-refractivity contribution in [3.63, 3.8) is 0 Å². The van der Waals surface area contributed by atoms with Crippen LogP contribution in [-0.4, -0.2) is 17.5 Å². The molecule has 4 nitrogen and oxygen atoms in total. The lowest BCUT2D eigenvalue weighted by Crippen LogP contribution is -2.15. The average Bonchev–Trinajstić information content (AvgIpc) is 2.42. The van der Waals surface area contributed by atoms with Gasteiger partial charge in [0.05, 0.1) is 16.9 Å². The summed E-state index contributed by atoms with van der Waals surface area (Å²) in [5, 5.41) is 2.88. The monoisotopic (exact) mass is 312 g/mol. The number of hydrogen-bond acceptors (Lipinski definition) is 3. The fraction of sp³-hybridized carbons (Fsp3) is 0.143. The summed E-state index contributed by atoms with van der Waals surface area (Å²) in [7, 11) is 0. The predicted molar refractivity (Wildman–Crippen MR) is 75.0 cm³/mol. The number of ether oxygens (including phenoxy) is 1. The van der Waals surface area contributed by atoms with Crippen molar-refractivity contribution in [1.82, 2.24) is 4.98 Å². The Morgan fingerprint density at radius 3 is 2.67 bits per heavy atom. The van der Waals surface area contributed by atoms with E-state index in [4.69, 9.17) is 11.6 Å². The molecule has 1 aromatic heterocycles. The fourth-order valence-corrected chi connectivity index (χ4v) is 1.89. The van der Waals surface area contributed by atoms with E-state index in [1.54, 1.807) is 19.1 Å². The van der Waals surface area contributed by atoms with Crippen LogP contribution in [0.5, 0.6) is 5.75 Å². The van der Waals surface area contributed by atoms with Crippen molar-refractivity contribution < 1.29 is 18.3 Å². The number of para-hydroxylation sites is 1. The summed E-state index contributed by atoms with van der Waals surface area (Å²) in [5.74, 6) is -0.761. The molecule has 0 spiro atoms. The molecule has 0 unspecified atom stereocenters. The number of pyridine rings is 1. The van der Waals surface area contributed by atoms with Crippen molar-refractivity contribution in [2.24, 2.45) is 0 Å². The Labute approximate surface area is 124 Å². The van der Waals surface area contributed by atoms with Gasteiger partial charge in [-0.05, 0) is 31.2 Å². The first kappa shape index (κ1) is 15.2. The number of nitrogens with one attached hydrogen (secondary N) is 1. The number of anilines is 1. The molecule has 0 aliphatic rings. The van der Waals surface area contributed by atoms with Gasteiger partial charge >= 0.3 is 6.61 Å². The van der Waals surface area contributed by atoms with Gasteiger partial charge in [0.15, 0.2) is 0 Å². The lowest BCUT2D eigenvalue weighted by atomic mass is 10.2. The maximum atomic E-state index is 12.3. The molecule has 0 atom stereocenters. The maximum absolute atomic E-state index is 12.3. The minimum Gasteiger partial charge on any atom is -0.434 e. The number of carbonyl (C=O) groups excluding carboxylic acids is 1. The van der Waals surface area contributed by atoms with Crippen LogP contribution < -0.4 is 10.1 Å². The molecule has 0 saturated heterocycles. The van der Waals surface area contributed by atoms with Crippen LogP contribution in [0, 0.1) is 6.92 Å². The SMILES string of the molecule is Cc1nc(Cl)ccc1NC(=O)c1ccccc1OC(F)F. The number of amides is 1. The molecule has 1 N–H and O–H groups in total. The summed E-state index contributed by atoms with van der Waals surface area (Å²) in [6.45, 7) is -1.33. The van der Waals surface area contributed by atoms with Gasteiger partial charge in [-0.15, -0.1) is 0 Å². The largest absolute Gasteiger partial charge is 0.434 e. The number of hydrogen-bond donors (Lipinski definition) is 1. The molecule has 1 aromatic carbocycles. The molecule has 110 valence electrons. The molecule has 1 heterocycles. The zero-order valence-electron chi connectivity index (χ0n) is 10.9. The second kappa shape index (κ2) is 6.49. The average molecular weight is 313 g/mol. The second-order valence-corrected chi connectivity index (χ2v) is 4.48. The van der Waals surface area contributed by atoms with Crippen LogP contribution in [0.25, 0.3) is 0 Å². The van der Waals surface area contributed by atoms with Crippen LogP contribution in [0.2, 0.25) is 5.15 Å². The minimum absolute atomic E-state index is 0.00662. The van der Waals surface area contributed by atoms with Crippen molar-refractivity contribution in [3.8, 4) is 5.75 Å². The quantitative estimate of drug-likeness (QED) is 0.871. The fourth-order valence-electron chi connectivity index (χ4n) is 1.71. The van der Waals surface area contributed by atoms with Gasteiger partial charge in [0, 0.05) is 0 Å². The summed E-state index contributed by atoms with van der Waals surface area (Å²) in [4.78, 5) is 16.1. The van der Waals surface area contributed by atoms with E-state index < -0.39 is 12.5 Å². The summed E-state index contributed by atoms with van der Waals surface area (Å²) < 4.78 is 29.0. The van der Waals surface area contributed by atoms with Gasteiger partial charge in [-0.3, -0.25) is 4.79 Å². The van der Waals surface area contributed by atoms with Gasteiger partial charge in [-0.25, -0.2) is 4.98 Å². The lowest BCUT2D eigenvalue weighted by Gasteiger charge is -2.11. The van der Waals surface area contributed by atoms with Gasteiger partial charge in [-0.1, -0.05) is 23.7 Å². The summed E-state index contributed by atoms with van der Waals surface area (Å²) in [6, 6.07) is 8.86. The predicted octanol–water partition coefficient (Wildman–Crippen LogP) is 3.90.